The summed E-state index contributed by atoms with van der Waals surface area (Å²) in [6.07, 6.45) is 7.20. The SMILES string of the molecule is [Al][O]C1CCCC2CCCNC21. The van der Waals surface area contributed by atoms with Gasteiger partial charge in [-0.25, -0.2) is 0 Å². The molecule has 3 heteroatoms. The monoisotopic (exact) mass is 181 g/mol. The van der Waals surface area contributed by atoms with Crippen LogP contribution in [0.25, 0.3) is 0 Å². The molecule has 1 aliphatic carbocycles. The molecule has 1 saturated heterocycles. The molecule has 1 N–H and O–H groups in total. The molecule has 0 spiro atoms. The summed E-state index contributed by atoms with van der Waals surface area (Å²) in [6.45, 7) is 1.19. The molecule has 2 nitrogen and oxygen atoms in total. The van der Waals surface area contributed by atoms with Gasteiger partial charge in [-0.15, -0.1) is 0 Å². The Morgan fingerprint density at radius 2 is 2.00 bits per heavy atom. The summed E-state index contributed by atoms with van der Waals surface area (Å²) >= 11 is 2.42. The first kappa shape index (κ1) is 9.03. The van der Waals surface area contributed by atoms with Crippen molar-refractivity contribution in [3.8, 4) is 0 Å². The Bertz CT molecular complexity index is 145. The van der Waals surface area contributed by atoms with Crippen molar-refractivity contribution in [1.82, 2.24) is 5.32 Å². The predicted molar refractivity (Wildman–Crippen MR) is 49.0 cm³/mol. The van der Waals surface area contributed by atoms with E-state index in [4.69, 9.17) is 3.79 Å². The summed E-state index contributed by atoms with van der Waals surface area (Å²) in [6, 6.07) is 0.644. The second kappa shape index (κ2) is 4.11. The fourth-order valence-corrected chi connectivity index (χ4v) is 2.96. The van der Waals surface area contributed by atoms with Crippen molar-refractivity contribution in [1.29, 1.82) is 0 Å². The van der Waals surface area contributed by atoms with E-state index in [1.165, 1.54) is 38.6 Å². The highest BCUT2D eigenvalue weighted by Crippen LogP contribution is 2.31. The lowest BCUT2D eigenvalue weighted by Crippen LogP contribution is -2.51. The van der Waals surface area contributed by atoms with E-state index in [1.54, 1.807) is 0 Å². The van der Waals surface area contributed by atoms with E-state index >= 15 is 0 Å². The van der Waals surface area contributed by atoms with Crippen LogP contribution in [0.1, 0.15) is 32.1 Å². The molecule has 2 aliphatic rings. The van der Waals surface area contributed by atoms with Crippen LogP contribution in [0.3, 0.4) is 0 Å². The first-order chi connectivity index (χ1) is 5.92. The molecule has 0 aromatic carbocycles. The minimum atomic E-state index is 0.453. The zero-order valence-electron chi connectivity index (χ0n) is 7.46. The van der Waals surface area contributed by atoms with E-state index in [0.29, 0.717) is 12.1 Å². The van der Waals surface area contributed by atoms with E-state index in [1.807, 2.05) is 0 Å². The number of hydrogen-bond acceptors (Lipinski definition) is 2. The van der Waals surface area contributed by atoms with Gasteiger partial charge in [-0.1, -0.05) is 6.42 Å². The van der Waals surface area contributed by atoms with Crippen molar-refractivity contribution in [2.24, 2.45) is 5.92 Å². The van der Waals surface area contributed by atoms with Gasteiger partial charge < -0.3 is 9.11 Å². The lowest BCUT2D eigenvalue weighted by molar-refractivity contribution is 0.0671. The molecule has 2 radical (unpaired) electrons. The Kier molecular flexibility index (Phi) is 3.09. The van der Waals surface area contributed by atoms with Crippen molar-refractivity contribution >= 4 is 16.6 Å². The molecule has 0 bridgehead atoms. The van der Waals surface area contributed by atoms with Gasteiger partial charge in [-0.2, -0.15) is 0 Å². The van der Waals surface area contributed by atoms with Crippen molar-refractivity contribution in [2.45, 2.75) is 44.2 Å². The van der Waals surface area contributed by atoms with Crippen LogP contribution in [-0.4, -0.2) is 35.3 Å². The molecular weight excluding hydrogens is 165 g/mol. The van der Waals surface area contributed by atoms with Crippen LogP contribution in [0.2, 0.25) is 0 Å². The molecular formula is C9H16AlNO. The molecule has 1 heterocycles. The number of fused-ring (bicyclic) bond motifs is 1. The molecule has 12 heavy (non-hydrogen) atoms. The Balaban J connectivity index is 1.99. The molecule has 2 fully saturated rings. The van der Waals surface area contributed by atoms with Crippen molar-refractivity contribution in [3.05, 3.63) is 0 Å². The highest BCUT2D eigenvalue weighted by Gasteiger charge is 2.33. The Labute approximate surface area is 82.8 Å². The summed E-state index contributed by atoms with van der Waals surface area (Å²) in [5.41, 5.74) is 0. The van der Waals surface area contributed by atoms with Gasteiger partial charge in [0.05, 0.1) is 0 Å². The number of nitrogens with one attached hydrogen (secondary N) is 1. The topological polar surface area (TPSA) is 21.3 Å². The molecule has 0 amide bonds. The average molecular weight is 181 g/mol. The predicted octanol–water partition coefficient (Wildman–Crippen LogP) is 1.01. The van der Waals surface area contributed by atoms with Crippen LogP contribution < -0.4 is 5.32 Å². The molecule has 1 saturated carbocycles. The van der Waals surface area contributed by atoms with Crippen LogP contribution in [0.4, 0.5) is 0 Å². The Hall–Kier alpha value is 0.452. The highest BCUT2D eigenvalue weighted by atomic mass is 27.1. The largest absolute Gasteiger partial charge is 0.513 e. The first-order valence-corrected chi connectivity index (χ1v) is 5.48. The summed E-state index contributed by atoms with van der Waals surface area (Å²) < 4.78 is 5.41. The minimum absolute atomic E-state index is 0.453. The fraction of sp³-hybridized carbons (Fsp3) is 1.00. The van der Waals surface area contributed by atoms with E-state index in [2.05, 4.69) is 21.9 Å². The van der Waals surface area contributed by atoms with Crippen LogP contribution >= 0.6 is 0 Å². The number of rotatable bonds is 1. The summed E-state index contributed by atoms with van der Waals surface area (Å²) in [5.74, 6) is 0.887. The molecule has 3 atom stereocenters. The van der Waals surface area contributed by atoms with Gasteiger partial charge in [0.1, 0.15) is 0 Å². The van der Waals surface area contributed by atoms with Crippen molar-refractivity contribution in [2.75, 3.05) is 6.54 Å². The summed E-state index contributed by atoms with van der Waals surface area (Å²) in [4.78, 5) is 0. The van der Waals surface area contributed by atoms with Gasteiger partial charge in [0, 0.05) is 12.1 Å². The normalized spacial score (nSPS) is 42.2. The smallest absolute Gasteiger partial charge is 0.369 e. The van der Waals surface area contributed by atoms with Crippen LogP contribution in [0, 0.1) is 5.92 Å². The second-order valence-electron chi connectivity index (χ2n) is 3.99. The Morgan fingerprint density at radius 1 is 1.17 bits per heavy atom. The lowest BCUT2D eigenvalue weighted by atomic mass is 9.78. The quantitative estimate of drug-likeness (QED) is 0.609. The molecule has 0 aromatic heterocycles. The van der Waals surface area contributed by atoms with Crippen LogP contribution in [0.15, 0.2) is 0 Å². The summed E-state index contributed by atoms with van der Waals surface area (Å²) in [7, 11) is 0. The summed E-state index contributed by atoms with van der Waals surface area (Å²) in [5, 5.41) is 3.58. The zero-order valence-corrected chi connectivity index (χ0v) is 8.61. The molecule has 3 unspecified atom stereocenters. The maximum Gasteiger partial charge on any atom is 0.369 e. The third-order valence-electron chi connectivity index (χ3n) is 3.28. The standard InChI is InChI=1S/C9H16NO.Al/c11-8-5-1-3-7-4-2-6-10-9(7)8;/h7-10H,1-6H2;/q-1;+1. The van der Waals surface area contributed by atoms with E-state index in [0.717, 1.165) is 5.92 Å². The van der Waals surface area contributed by atoms with Crippen molar-refractivity contribution in [3.63, 3.8) is 0 Å². The average Bonchev–Trinajstić information content (AvgIpc) is 2.17. The Morgan fingerprint density at radius 3 is 2.83 bits per heavy atom. The van der Waals surface area contributed by atoms with Crippen LogP contribution in [0.5, 0.6) is 0 Å². The van der Waals surface area contributed by atoms with Crippen LogP contribution in [-0.2, 0) is 3.79 Å². The van der Waals surface area contributed by atoms with Gasteiger partial charge in [0.25, 0.3) is 0 Å². The van der Waals surface area contributed by atoms with Gasteiger partial charge >= 0.3 is 16.6 Å². The van der Waals surface area contributed by atoms with Crippen molar-refractivity contribution < 1.29 is 3.79 Å². The maximum absolute atomic E-state index is 5.41. The third-order valence-corrected chi connectivity index (χ3v) is 3.63. The number of piperidine rings is 1. The number of hydrogen-bond donors (Lipinski definition) is 1. The second-order valence-corrected chi connectivity index (χ2v) is 4.26. The van der Waals surface area contributed by atoms with Gasteiger partial charge in [-0.3, -0.25) is 0 Å². The molecule has 66 valence electrons. The zero-order chi connectivity index (χ0) is 8.39. The fourth-order valence-electron chi connectivity index (χ4n) is 2.65. The molecule has 1 aliphatic heterocycles. The molecule has 0 aromatic rings. The lowest BCUT2D eigenvalue weighted by Gasteiger charge is -2.42. The van der Waals surface area contributed by atoms with Gasteiger partial charge in [0.15, 0.2) is 0 Å². The van der Waals surface area contributed by atoms with E-state index < -0.39 is 0 Å². The van der Waals surface area contributed by atoms with Gasteiger partial charge in [-0.05, 0) is 38.1 Å². The first-order valence-electron chi connectivity index (χ1n) is 5.01. The van der Waals surface area contributed by atoms with E-state index in [9.17, 15) is 0 Å². The maximum atomic E-state index is 5.41. The van der Waals surface area contributed by atoms with E-state index in [-0.39, 0.29) is 0 Å². The third kappa shape index (κ3) is 1.70. The van der Waals surface area contributed by atoms with Gasteiger partial charge in [0.2, 0.25) is 0 Å². The minimum Gasteiger partial charge on any atom is -0.513 e. The highest BCUT2D eigenvalue weighted by molar-refractivity contribution is 5.98. The molecule has 2 rings (SSSR count).